The summed E-state index contributed by atoms with van der Waals surface area (Å²) in [4.78, 5) is 6.29. The highest BCUT2D eigenvalue weighted by Gasteiger charge is 2.07. The lowest BCUT2D eigenvalue weighted by molar-refractivity contribution is 0.570. The molecule has 3 heteroatoms. The van der Waals surface area contributed by atoms with Crippen LogP contribution in [0.25, 0.3) is 0 Å². The summed E-state index contributed by atoms with van der Waals surface area (Å²) in [6.45, 7) is 5.93. The van der Waals surface area contributed by atoms with E-state index in [-0.39, 0.29) is 0 Å². The van der Waals surface area contributed by atoms with Crippen molar-refractivity contribution in [3.8, 4) is 12.3 Å². The number of hydrogen-bond donors (Lipinski definition) is 1. The van der Waals surface area contributed by atoms with Gasteiger partial charge < -0.3 is 10.2 Å². The van der Waals surface area contributed by atoms with E-state index in [4.69, 9.17) is 6.42 Å². The molecule has 1 unspecified atom stereocenters. The second kappa shape index (κ2) is 6.93. The average Bonchev–Trinajstić information content (AvgIpc) is 2.36. The van der Waals surface area contributed by atoms with Gasteiger partial charge in [0.2, 0.25) is 0 Å². The van der Waals surface area contributed by atoms with E-state index < -0.39 is 0 Å². The van der Waals surface area contributed by atoms with E-state index in [2.05, 4.69) is 36.1 Å². The van der Waals surface area contributed by atoms with Gasteiger partial charge in [-0.15, -0.1) is 6.42 Å². The highest BCUT2D eigenvalue weighted by Crippen LogP contribution is 2.17. The Morgan fingerprint density at radius 1 is 1.59 bits per heavy atom. The zero-order valence-electron chi connectivity index (χ0n) is 10.9. The van der Waals surface area contributed by atoms with Gasteiger partial charge in [0, 0.05) is 19.3 Å². The standard InChI is InChI=1S/C14H21N3/c1-5-8-15-12(3)13-7-9-16-14(11-13)17(4)10-6-2/h2,7,9,11-12,15H,5,8,10H2,1,3-4H3. The topological polar surface area (TPSA) is 28.2 Å². The van der Waals surface area contributed by atoms with E-state index in [1.807, 2.05) is 24.2 Å². The largest absolute Gasteiger partial charge is 0.349 e. The number of rotatable bonds is 6. The maximum absolute atomic E-state index is 5.30. The van der Waals surface area contributed by atoms with Gasteiger partial charge in [0.05, 0.1) is 6.54 Å². The third-order valence-electron chi connectivity index (χ3n) is 2.69. The Morgan fingerprint density at radius 3 is 3.00 bits per heavy atom. The number of hydrogen-bond acceptors (Lipinski definition) is 3. The Kier molecular flexibility index (Phi) is 5.51. The molecule has 1 aromatic heterocycles. The summed E-state index contributed by atoms with van der Waals surface area (Å²) in [6.07, 6.45) is 8.27. The highest BCUT2D eigenvalue weighted by atomic mass is 15.1. The minimum absolute atomic E-state index is 0.343. The van der Waals surface area contributed by atoms with Gasteiger partial charge >= 0.3 is 0 Å². The first-order valence-corrected chi connectivity index (χ1v) is 6.03. The summed E-state index contributed by atoms with van der Waals surface area (Å²) in [7, 11) is 1.95. The second-order valence-corrected chi connectivity index (χ2v) is 4.18. The number of nitrogens with one attached hydrogen (secondary N) is 1. The summed E-state index contributed by atoms with van der Waals surface area (Å²) in [5.74, 6) is 3.54. The molecule has 92 valence electrons. The Labute approximate surface area is 104 Å². The fraction of sp³-hybridized carbons (Fsp3) is 0.500. The van der Waals surface area contributed by atoms with Crippen molar-refractivity contribution in [3.05, 3.63) is 23.9 Å². The van der Waals surface area contributed by atoms with Crippen molar-refractivity contribution in [2.75, 3.05) is 25.0 Å². The van der Waals surface area contributed by atoms with E-state index in [1.165, 1.54) is 5.56 Å². The first-order chi connectivity index (χ1) is 8.19. The summed E-state index contributed by atoms with van der Waals surface area (Å²) in [6, 6.07) is 4.47. The fourth-order valence-corrected chi connectivity index (χ4v) is 1.61. The van der Waals surface area contributed by atoms with E-state index in [0.717, 1.165) is 18.8 Å². The molecule has 0 aliphatic heterocycles. The molecule has 0 aliphatic carbocycles. The van der Waals surface area contributed by atoms with Crippen molar-refractivity contribution < 1.29 is 0 Å². The van der Waals surface area contributed by atoms with Gasteiger partial charge in [-0.05, 0) is 37.6 Å². The Morgan fingerprint density at radius 2 is 2.35 bits per heavy atom. The molecule has 0 saturated carbocycles. The van der Waals surface area contributed by atoms with E-state index in [9.17, 15) is 0 Å². The zero-order chi connectivity index (χ0) is 12.7. The van der Waals surface area contributed by atoms with Gasteiger partial charge in [-0.25, -0.2) is 4.98 Å². The molecule has 17 heavy (non-hydrogen) atoms. The van der Waals surface area contributed by atoms with Crippen LogP contribution in [-0.2, 0) is 0 Å². The van der Waals surface area contributed by atoms with Gasteiger partial charge in [-0.3, -0.25) is 0 Å². The summed E-state index contributed by atoms with van der Waals surface area (Å²) < 4.78 is 0. The Hall–Kier alpha value is -1.53. The third kappa shape index (κ3) is 4.08. The molecule has 0 aliphatic rings. The number of pyridine rings is 1. The maximum atomic E-state index is 5.30. The summed E-state index contributed by atoms with van der Waals surface area (Å²) in [5.41, 5.74) is 1.24. The predicted octanol–water partition coefficient (Wildman–Crippen LogP) is 2.21. The Balaban J connectivity index is 2.75. The number of nitrogens with zero attached hydrogens (tertiary/aromatic N) is 2. The smallest absolute Gasteiger partial charge is 0.129 e. The van der Waals surface area contributed by atoms with Crippen LogP contribution < -0.4 is 10.2 Å². The molecule has 1 aromatic rings. The summed E-state index contributed by atoms with van der Waals surface area (Å²) >= 11 is 0. The SMILES string of the molecule is C#CCN(C)c1cc(C(C)NCCC)ccn1. The molecule has 0 bridgehead atoms. The predicted molar refractivity (Wildman–Crippen MR) is 73.0 cm³/mol. The Bertz CT molecular complexity index is 381. The van der Waals surface area contributed by atoms with Crippen molar-refractivity contribution in [3.63, 3.8) is 0 Å². The van der Waals surface area contributed by atoms with Crippen molar-refractivity contribution in [2.24, 2.45) is 0 Å². The monoisotopic (exact) mass is 231 g/mol. The molecule has 0 fully saturated rings. The van der Waals surface area contributed by atoms with E-state index >= 15 is 0 Å². The molecule has 0 radical (unpaired) electrons. The van der Waals surface area contributed by atoms with Crippen LogP contribution in [0.5, 0.6) is 0 Å². The minimum atomic E-state index is 0.343. The van der Waals surface area contributed by atoms with Crippen molar-refractivity contribution in [2.45, 2.75) is 26.3 Å². The molecule has 1 atom stereocenters. The highest BCUT2D eigenvalue weighted by molar-refractivity contribution is 5.42. The lowest BCUT2D eigenvalue weighted by Crippen LogP contribution is -2.21. The molecule has 1 rings (SSSR count). The third-order valence-corrected chi connectivity index (χ3v) is 2.69. The molecule has 0 amide bonds. The van der Waals surface area contributed by atoms with Gasteiger partial charge in [-0.2, -0.15) is 0 Å². The minimum Gasteiger partial charge on any atom is -0.349 e. The molecule has 0 aromatic carbocycles. The van der Waals surface area contributed by atoms with Crippen LogP contribution in [0.2, 0.25) is 0 Å². The van der Waals surface area contributed by atoms with Gasteiger partial charge in [0.1, 0.15) is 5.82 Å². The fourth-order valence-electron chi connectivity index (χ4n) is 1.61. The van der Waals surface area contributed by atoms with E-state index in [0.29, 0.717) is 12.6 Å². The first kappa shape index (κ1) is 13.5. The van der Waals surface area contributed by atoms with Gasteiger partial charge in [-0.1, -0.05) is 12.8 Å². The average molecular weight is 231 g/mol. The van der Waals surface area contributed by atoms with Crippen LogP contribution in [0.3, 0.4) is 0 Å². The van der Waals surface area contributed by atoms with E-state index in [1.54, 1.807) is 0 Å². The zero-order valence-corrected chi connectivity index (χ0v) is 10.9. The molecular weight excluding hydrogens is 210 g/mol. The molecule has 3 nitrogen and oxygen atoms in total. The lowest BCUT2D eigenvalue weighted by Gasteiger charge is -2.18. The van der Waals surface area contributed by atoms with Gasteiger partial charge in [0.15, 0.2) is 0 Å². The maximum Gasteiger partial charge on any atom is 0.129 e. The summed E-state index contributed by atoms with van der Waals surface area (Å²) in [5, 5.41) is 3.46. The molecule has 1 N–H and O–H groups in total. The quantitative estimate of drug-likeness (QED) is 0.761. The normalized spacial score (nSPS) is 11.9. The number of anilines is 1. The molecule has 0 spiro atoms. The molecular formula is C14H21N3. The number of terminal acetylenes is 1. The van der Waals surface area contributed by atoms with Crippen molar-refractivity contribution in [1.29, 1.82) is 0 Å². The first-order valence-electron chi connectivity index (χ1n) is 6.03. The van der Waals surface area contributed by atoms with Crippen LogP contribution in [0.15, 0.2) is 18.3 Å². The van der Waals surface area contributed by atoms with Gasteiger partial charge in [0.25, 0.3) is 0 Å². The van der Waals surface area contributed by atoms with Crippen LogP contribution in [0.1, 0.15) is 31.9 Å². The van der Waals surface area contributed by atoms with Crippen molar-refractivity contribution in [1.82, 2.24) is 10.3 Å². The van der Waals surface area contributed by atoms with Crippen LogP contribution >= 0.6 is 0 Å². The van der Waals surface area contributed by atoms with Crippen LogP contribution in [-0.4, -0.2) is 25.1 Å². The second-order valence-electron chi connectivity index (χ2n) is 4.18. The van der Waals surface area contributed by atoms with Crippen LogP contribution in [0.4, 0.5) is 5.82 Å². The lowest BCUT2D eigenvalue weighted by atomic mass is 10.1. The number of aromatic nitrogens is 1. The van der Waals surface area contributed by atoms with Crippen molar-refractivity contribution >= 4 is 5.82 Å². The molecule has 1 heterocycles. The molecule has 0 saturated heterocycles. The van der Waals surface area contributed by atoms with Crippen LogP contribution in [0, 0.1) is 12.3 Å².